The molecule has 4 rings (SSSR count). The lowest BCUT2D eigenvalue weighted by Crippen LogP contribution is -2.46. The van der Waals surface area contributed by atoms with Gasteiger partial charge in [-0.1, -0.05) is 55.8 Å². The Balaban J connectivity index is 1.71. The Bertz CT molecular complexity index is 820. The molecule has 1 aliphatic carbocycles. The quantitative estimate of drug-likeness (QED) is 0.650. The van der Waals surface area contributed by atoms with Crippen LogP contribution in [0, 0.1) is 11.8 Å². The van der Waals surface area contributed by atoms with Crippen LogP contribution in [0.3, 0.4) is 0 Å². The number of rotatable bonds is 2. The number of phenols is 1. The van der Waals surface area contributed by atoms with Gasteiger partial charge in [-0.3, -0.25) is 0 Å². The van der Waals surface area contributed by atoms with Crippen molar-refractivity contribution in [2.24, 2.45) is 11.8 Å². The smallest absolute Gasteiger partial charge is 0.127 e. The summed E-state index contributed by atoms with van der Waals surface area (Å²) in [4.78, 5) is 0. The molecule has 0 unspecified atom stereocenters. The van der Waals surface area contributed by atoms with E-state index in [0.717, 1.165) is 28.9 Å². The molecule has 1 heterocycles. The maximum atomic E-state index is 10.8. The molecule has 2 heteroatoms. The van der Waals surface area contributed by atoms with Gasteiger partial charge in [-0.15, -0.1) is 0 Å². The summed E-state index contributed by atoms with van der Waals surface area (Å²) in [5.74, 6) is 2.82. The zero-order valence-electron chi connectivity index (χ0n) is 15.9. The van der Waals surface area contributed by atoms with Gasteiger partial charge in [0.25, 0.3) is 0 Å². The van der Waals surface area contributed by atoms with Crippen molar-refractivity contribution in [3.8, 4) is 11.5 Å². The number of benzene rings is 2. The van der Waals surface area contributed by atoms with Crippen LogP contribution in [0.1, 0.15) is 62.6 Å². The Morgan fingerprint density at radius 1 is 1.04 bits per heavy atom. The molecule has 0 radical (unpaired) electrons. The van der Waals surface area contributed by atoms with E-state index < -0.39 is 0 Å². The van der Waals surface area contributed by atoms with Crippen LogP contribution in [0.2, 0.25) is 0 Å². The number of hydrogen-bond acceptors (Lipinski definition) is 2. The molecule has 0 amide bonds. The Morgan fingerprint density at radius 3 is 2.54 bits per heavy atom. The summed E-state index contributed by atoms with van der Waals surface area (Å²) in [6.45, 7) is 6.73. The highest BCUT2D eigenvalue weighted by atomic mass is 16.5. The fraction of sp³-hybridized carbons (Fsp3) is 0.417. The van der Waals surface area contributed by atoms with E-state index in [1.807, 2.05) is 30.3 Å². The largest absolute Gasteiger partial charge is 0.507 e. The zero-order valence-corrected chi connectivity index (χ0v) is 15.9. The van der Waals surface area contributed by atoms with Crippen LogP contribution in [0.15, 0.2) is 42.5 Å². The maximum Gasteiger partial charge on any atom is 0.127 e. The molecular weight excluding hydrogens is 320 g/mol. The SMILES string of the molecule is C[C@H]1CC[C@H]2[C@H](C1)c1c(O)cc(C=Cc3ccccc3)cc1OC2(C)C. The van der Waals surface area contributed by atoms with Crippen molar-refractivity contribution in [2.75, 3.05) is 0 Å². The average molecular weight is 348 g/mol. The van der Waals surface area contributed by atoms with Gasteiger partial charge in [0.15, 0.2) is 0 Å². The fourth-order valence-electron chi connectivity index (χ4n) is 4.83. The summed E-state index contributed by atoms with van der Waals surface area (Å²) in [5.41, 5.74) is 2.96. The van der Waals surface area contributed by atoms with Crippen LogP contribution in [-0.2, 0) is 0 Å². The molecule has 2 aromatic carbocycles. The summed E-state index contributed by atoms with van der Waals surface area (Å²) < 4.78 is 6.40. The zero-order chi connectivity index (χ0) is 18.3. The van der Waals surface area contributed by atoms with Crippen LogP contribution >= 0.6 is 0 Å². The van der Waals surface area contributed by atoms with Gasteiger partial charge >= 0.3 is 0 Å². The van der Waals surface area contributed by atoms with E-state index in [9.17, 15) is 5.11 Å². The monoisotopic (exact) mass is 348 g/mol. The predicted molar refractivity (Wildman–Crippen MR) is 107 cm³/mol. The number of phenolic OH excluding ortho intramolecular Hbond substituents is 1. The molecule has 136 valence electrons. The molecule has 1 fully saturated rings. The summed E-state index contributed by atoms with van der Waals surface area (Å²) in [5, 5.41) is 10.8. The van der Waals surface area contributed by atoms with Crippen molar-refractivity contribution in [1.29, 1.82) is 0 Å². The molecule has 2 nitrogen and oxygen atoms in total. The topological polar surface area (TPSA) is 29.5 Å². The van der Waals surface area contributed by atoms with Crippen LogP contribution in [0.4, 0.5) is 0 Å². The summed E-state index contributed by atoms with van der Waals surface area (Å²) >= 11 is 0. The van der Waals surface area contributed by atoms with Gasteiger partial charge in [-0.2, -0.15) is 0 Å². The number of aromatic hydroxyl groups is 1. The maximum absolute atomic E-state index is 10.8. The summed E-state index contributed by atoms with van der Waals surface area (Å²) in [6, 6.07) is 14.2. The van der Waals surface area contributed by atoms with E-state index in [0.29, 0.717) is 23.5 Å². The molecule has 0 bridgehead atoms. The van der Waals surface area contributed by atoms with Crippen LogP contribution < -0.4 is 4.74 Å². The third-order valence-electron chi connectivity index (χ3n) is 6.16. The molecule has 26 heavy (non-hydrogen) atoms. The van der Waals surface area contributed by atoms with Crippen molar-refractivity contribution >= 4 is 12.2 Å². The summed E-state index contributed by atoms with van der Waals surface area (Å²) in [7, 11) is 0. The highest BCUT2D eigenvalue weighted by Gasteiger charge is 2.46. The summed E-state index contributed by atoms with van der Waals surface area (Å²) in [6.07, 6.45) is 7.68. The second kappa shape index (κ2) is 6.50. The molecule has 1 saturated carbocycles. The minimum atomic E-state index is -0.188. The Labute approximate surface area is 156 Å². The van der Waals surface area contributed by atoms with Crippen molar-refractivity contribution in [3.05, 3.63) is 59.2 Å². The third kappa shape index (κ3) is 3.13. The van der Waals surface area contributed by atoms with Gasteiger partial charge in [0, 0.05) is 11.5 Å². The van der Waals surface area contributed by atoms with E-state index >= 15 is 0 Å². The third-order valence-corrected chi connectivity index (χ3v) is 6.16. The van der Waals surface area contributed by atoms with Crippen molar-refractivity contribution in [1.82, 2.24) is 0 Å². The number of fused-ring (bicyclic) bond motifs is 3. The average Bonchev–Trinajstić information content (AvgIpc) is 2.59. The Hall–Kier alpha value is -2.22. The van der Waals surface area contributed by atoms with Crippen molar-refractivity contribution in [2.45, 2.75) is 51.6 Å². The molecule has 1 N–H and O–H groups in total. The normalized spacial score (nSPS) is 26.8. The standard InChI is InChI=1S/C24H28O2/c1-16-9-12-20-19(13-16)23-21(25)14-18(15-22(23)26-24(20,2)3)11-10-17-7-5-4-6-8-17/h4-8,10-11,14-16,19-20,25H,9,12-13H2,1-3H3/t16-,19-,20-/m0/s1. The number of ether oxygens (including phenoxy) is 1. The Morgan fingerprint density at radius 2 is 1.77 bits per heavy atom. The Kier molecular flexibility index (Phi) is 4.30. The number of hydrogen-bond donors (Lipinski definition) is 1. The first-order valence-electron chi connectivity index (χ1n) is 9.73. The first kappa shape index (κ1) is 17.2. The highest BCUT2D eigenvalue weighted by molar-refractivity contribution is 5.72. The lowest BCUT2D eigenvalue weighted by atomic mass is 9.64. The predicted octanol–water partition coefficient (Wildman–Crippen LogP) is 6.25. The van der Waals surface area contributed by atoms with Gasteiger partial charge in [-0.25, -0.2) is 0 Å². The lowest BCUT2D eigenvalue weighted by molar-refractivity contribution is -0.0145. The minimum Gasteiger partial charge on any atom is -0.507 e. The van der Waals surface area contributed by atoms with E-state index in [1.54, 1.807) is 0 Å². The molecule has 1 aliphatic heterocycles. The van der Waals surface area contributed by atoms with Crippen LogP contribution in [-0.4, -0.2) is 10.7 Å². The van der Waals surface area contributed by atoms with E-state index in [1.165, 1.54) is 12.8 Å². The van der Waals surface area contributed by atoms with E-state index in [-0.39, 0.29) is 5.60 Å². The molecule has 2 aromatic rings. The fourth-order valence-corrected chi connectivity index (χ4v) is 4.83. The van der Waals surface area contributed by atoms with Gasteiger partial charge in [-0.05, 0) is 61.8 Å². The van der Waals surface area contributed by atoms with Crippen molar-refractivity contribution < 1.29 is 9.84 Å². The molecule has 0 saturated heterocycles. The molecule has 2 aliphatic rings. The molecule has 0 aromatic heterocycles. The second-order valence-corrected chi connectivity index (χ2v) is 8.53. The van der Waals surface area contributed by atoms with Gasteiger partial charge in [0.1, 0.15) is 17.1 Å². The van der Waals surface area contributed by atoms with E-state index in [4.69, 9.17) is 4.74 Å². The molecular formula is C24H28O2. The first-order chi connectivity index (χ1) is 12.4. The van der Waals surface area contributed by atoms with Gasteiger partial charge in [0.05, 0.1) is 0 Å². The van der Waals surface area contributed by atoms with Crippen LogP contribution in [0.5, 0.6) is 11.5 Å². The first-order valence-corrected chi connectivity index (χ1v) is 9.73. The lowest BCUT2D eigenvalue weighted by Gasteiger charge is -2.48. The van der Waals surface area contributed by atoms with E-state index in [2.05, 4.69) is 45.0 Å². The molecule has 0 spiro atoms. The van der Waals surface area contributed by atoms with Gasteiger partial charge in [0.2, 0.25) is 0 Å². The van der Waals surface area contributed by atoms with Crippen LogP contribution in [0.25, 0.3) is 12.2 Å². The highest BCUT2D eigenvalue weighted by Crippen LogP contribution is 2.55. The minimum absolute atomic E-state index is 0.188. The van der Waals surface area contributed by atoms with Crippen molar-refractivity contribution in [3.63, 3.8) is 0 Å². The molecule has 3 atom stereocenters. The second-order valence-electron chi connectivity index (χ2n) is 8.53. The van der Waals surface area contributed by atoms with Gasteiger partial charge < -0.3 is 9.84 Å².